The van der Waals surface area contributed by atoms with Crippen LogP contribution in [0.15, 0.2) is 24.3 Å². The third-order valence-electron chi connectivity index (χ3n) is 5.06. The number of carbonyl (C=O) groups excluding carboxylic acids is 2. The van der Waals surface area contributed by atoms with Gasteiger partial charge in [-0.3, -0.25) is 14.5 Å². The lowest BCUT2D eigenvalue weighted by Gasteiger charge is -2.38. The van der Waals surface area contributed by atoms with Crippen molar-refractivity contribution in [3.05, 3.63) is 35.4 Å². The summed E-state index contributed by atoms with van der Waals surface area (Å²) in [5.41, 5.74) is 2.32. The molecule has 0 bridgehead atoms. The van der Waals surface area contributed by atoms with E-state index in [-0.39, 0.29) is 12.6 Å². The number of methoxy groups -OCH3 is 2. The molecule has 0 saturated carbocycles. The van der Waals surface area contributed by atoms with Crippen LogP contribution in [0.4, 0.5) is 0 Å². The van der Waals surface area contributed by atoms with E-state index < -0.39 is 18.1 Å². The van der Waals surface area contributed by atoms with Gasteiger partial charge in [0.2, 0.25) is 0 Å². The van der Waals surface area contributed by atoms with Crippen LogP contribution in [0.5, 0.6) is 0 Å². The predicted molar refractivity (Wildman–Crippen MR) is 107 cm³/mol. The Bertz CT molecular complexity index is 626. The molecule has 2 rings (SSSR count). The van der Waals surface area contributed by atoms with E-state index in [0.29, 0.717) is 6.54 Å². The van der Waals surface area contributed by atoms with Gasteiger partial charge in [-0.15, -0.1) is 0 Å². The van der Waals surface area contributed by atoms with Crippen molar-refractivity contribution in [1.29, 1.82) is 0 Å². The Labute approximate surface area is 167 Å². The minimum atomic E-state index is -0.694. The molecule has 0 spiro atoms. The zero-order valence-electron chi connectivity index (χ0n) is 17.2. The number of amides is 2. The lowest BCUT2D eigenvalue weighted by atomic mass is 10.0. The second-order valence-corrected chi connectivity index (χ2v) is 7.09. The Morgan fingerprint density at radius 1 is 0.964 bits per heavy atom. The SMILES string of the molecule is COC(CNC(=O)C(=O)NCC(c1ccc(C)cc1)N1CCN(C)CC1)OC. The normalized spacial score (nSPS) is 16.8. The van der Waals surface area contributed by atoms with Crippen LogP contribution in [0.3, 0.4) is 0 Å². The molecule has 0 radical (unpaired) electrons. The summed E-state index contributed by atoms with van der Waals surface area (Å²) in [5.74, 6) is -1.35. The van der Waals surface area contributed by atoms with Crippen LogP contribution in [0.25, 0.3) is 0 Å². The second kappa shape index (κ2) is 11.1. The Hall–Kier alpha value is -2.00. The van der Waals surface area contributed by atoms with Crippen molar-refractivity contribution in [2.75, 3.05) is 60.5 Å². The lowest BCUT2D eigenvalue weighted by Crippen LogP contribution is -2.50. The molecule has 1 heterocycles. The third kappa shape index (κ3) is 6.56. The van der Waals surface area contributed by atoms with Gasteiger partial charge in [-0.05, 0) is 19.5 Å². The average Bonchev–Trinajstić information content (AvgIpc) is 2.71. The Morgan fingerprint density at radius 2 is 1.50 bits per heavy atom. The maximum Gasteiger partial charge on any atom is 0.309 e. The zero-order valence-corrected chi connectivity index (χ0v) is 17.2. The molecule has 1 aromatic rings. The summed E-state index contributed by atoms with van der Waals surface area (Å²) in [6.45, 7) is 6.32. The fourth-order valence-corrected chi connectivity index (χ4v) is 3.17. The van der Waals surface area contributed by atoms with Crippen molar-refractivity contribution >= 4 is 11.8 Å². The summed E-state index contributed by atoms with van der Waals surface area (Å²) < 4.78 is 10.0. The van der Waals surface area contributed by atoms with Crippen LogP contribution in [0.1, 0.15) is 17.2 Å². The molecular weight excluding hydrogens is 360 g/mol. The van der Waals surface area contributed by atoms with Crippen molar-refractivity contribution < 1.29 is 19.1 Å². The van der Waals surface area contributed by atoms with Crippen LogP contribution in [0.2, 0.25) is 0 Å². The summed E-state index contributed by atoms with van der Waals surface area (Å²) in [5, 5.41) is 5.30. The first kappa shape index (κ1) is 22.3. The van der Waals surface area contributed by atoms with Gasteiger partial charge in [0.15, 0.2) is 6.29 Å². The number of nitrogens with one attached hydrogen (secondary N) is 2. The monoisotopic (exact) mass is 392 g/mol. The third-order valence-corrected chi connectivity index (χ3v) is 5.06. The van der Waals surface area contributed by atoms with Crippen molar-refractivity contribution in [3.63, 3.8) is 0 Å². The number of ether oxygens (including phenoxy) is 2. The molecule has 1 aliphatic heterocycles. The molecule has 2 N–H and O–H groups in total. The number of aryl methyl sites for hydroxylation is 1. The summed E-state index contributed by atoms with van der Waals surface area (Å²) in [6.07, 6.45) is -0.581. The molecule has 1 aromatic carbocycles. The highest BCUT2D eigenvalue weighted by molar-refractivity contribution is 6.35. The van der Waals surface area contributed by atoms with E-state index in [2.05, 4.69) is 51.7 Å². The Kier molecular flexibility index (Phi) is 8.85. The molecule has 1 aliphatic rings. The molecule has 2 amide bonds. The van der Waals surface area contributed by atoms with Crippen LogP contribution in [0, 0.1) is 6.92 Å². The predicted octanol–water partition coefficient (Wildman–Crippen LogP) is 0.135. The van der Waals surface area contributed by atoms with Gasteiger partial charge >= 0.3 is 11.8 Å². The molecule has 0 aromatic heterocycles. The fourth-order valence-electron chi connectivity index (χ4n) is 3.17. The molecule has 1 saturated heterocycles. The van der Waals surface area contributed by atoms with Gasteiger partial charge in [-0.1, -0.05) is 29.8 Å². The molecular formula is C20H32N4O4. The first-order valence-corrected chi connectivity index (χ1v) is 9.55. The van der Waals surface area contributed by atoms with E-state index >= 15 is 0 Å². The minimum Gasteiger partial charge on any atom is -0.354 e. The number of carbonyl (C=O) groups is 2. The van der Waals surface area contributed by atoms with E-state index in [0.717, 1.165) is 31.7 Å². The molecule has 156 valence electrons. The fraction of sp³-hybridized carbons (Fsp3) is 0.600. The van der Waals surface area contributed by atoms with Crippen LogP contribution >= 0.6 is 0 Å². The smallest absolute Gasteiger partial charge is 0.309 e. The summed E-state index contributed by atoms with van der Waals surface area (Å²) in [4.78, 5) is 28.9. The largest absolute Gasteiger partial charge is 0.354 e. The van der Waals surface area contributed by atoms with Crippen LogP contribution in [-0.4, -0.2) is 88.4 Å². The van der Waals surface area contributed by atoms with E-state index in [9.17, 15) is 9.59 Å². The van der Waals surface area contributed by atoms with Gasteiger partial charge in [0.25, 0.3) is 0 Å². The molecule has 28 heavy (non-hydrogen) atoms. The number of hydrogen-bond acceptors (Lipinski definition) is 6. The first-order valence-electron chi connectivity index (χ1n) is 9.55. The number of nitrogens with zero attached hydrogens (tertiary/aromatic N) is 2. The molecule has 1 fully saturated rings. The van der Waals surface area contributed by atoms with Gasteiger partial charge in [0, 0.05) is 46.9 Å². The van der Waals surface area contributed by atoms with Gasteiger partial charge in [-0.2, -0.15) is 0 Å². The van der Waals surface area contributed by atoms with Crippen molar-refractivity contribution in [3.8, 4) is 0 Å². The van der Waals surface area contributed by atoms with E-state index in [4.69, 9.17) is 9.47 Å². The maximum absolute atomic E-state index is 12.2. The number of likely N-dealkylation sites (N-methyl/N-ethyl adjacent to an activating group) is 1. The summed E-state index contributed by atoms with van der Waals surface area (Å²) >= 11 is 0. The van der Waals surface area contributed by atoms with Gasteiger partial charge in [0.05, 0.1) is 12.6 Å². The summed E-state index contributed by atoms with van der Waals surface area (Å²) in [6, 6.07) is 8.35. The van der Waals surface area contributed by atoms with Crippen molar-refractivity contribution in [1.82, 2.24) is 20.4 Å². The van der Waals surface area contributed by atoms with Crippen molar-refractivity contribution in [2.24, 2.45) is 0 Å². The lowest BCUT2D eigenvalue weighted by molar-refractivity contribution is -0.141. The average molecular weight is 393 g/mol. The highest BCUT2D eigenvalue weighted by Crippen LogP contribution is 2.22. The molecule has 1 atom stereocenters. The second-order valence-electron chi connectivity index (χ2n) is 7.09. The topological polar surface area (TPSA) is 83.1 Å². The van der Waals surface area contributed by atoms with E-state index in [1.54, 1.807) is 0 Å². The Balaban J connectivity index is 1.97. The maximum atomic E-state index is 12.2. The molecule has 8 heteroatoms. The van der Waals surface area contributed by atoms with E-state index in [1.165, 1.54) is 19.8 Å². The molecule has 1 unspecified atom stereocenters. The van der Waals surface area contributed by atoms with Gasteiger partial charge in [-0.25, -0.2) is 0 Å². The highest BCUT2D eigenvalue weighted by Gasteiger charge is 2.25. The first-order chi connectivity index (χ1) is 13.4. The number of hydrogen-bond donors (Lipinski definition) is 2. The molecule has 8 nitrogen and oxygen atoms in total. The Morgan fingerprint density at radius 3 is 2.04 bits per heavy atom. The quantitative estimate of drug-likeness (QED) is 0.484. The van der Waals surface area contributed by atoms with Gasteiger partial charge in [0.1, 0.15) is 0 Å². The standard InChI is InChI=1S/C20H32N4O4/c1-15-5-7-16(8-6-15)17(24-11-9-23(2)10-12-24)13-21-19(25)20(26)22-14-18(27-3)28-4/h5-8,17-18H,9-14H2,1-4H3,(H,21,25)(H,22,26). The molecule has 0 aliphatic carbocycles. The summed E-state index contributed by atoms with van der Waals surface area (Å²) in [7, 11) is 5.06. The van der Waals surface area contributed by atoms with E-state index in [1.807, 2.05) is 6.92 Å². The zero-order chi connectivity index (χ0) is 20.5. The number of benzene rings is 1. The van der Waals surface area contributed by atoms with Crippen LogP contribution < -0.4 is 10.6 Å². The van der Waals surface area contributed by atoms with Crippen molar-refractivity contribution in [2.45, 2.75) is 19.3 Å². The number of piperazine rings is 1. The minimum absolute atomic E-state index is 0.0248. The number of rotatable bonds is 8. The van der Waals surface area contributed by atoms with Crippen LogP contribution in [-0.2, 0) is 19.1 Å². The highest BCUT2D eigenvalue weighted by atomic mass is 16.7. The van der Waals surface area contributed by atoms with Gasteiger partial charge < -0.3 is 25.0 Å².